The highest BCUT2D eigenvalue weighted by Gasteiger charge is 1.95. The molecule has 0 amide bonds. The van der Waals surface area contributed by atoms with E-state index >= 15 is 0 Å². The van der Waals surface area contributed by atoms with E-state index in [2.05, 4.69) is 55.1 Å². The largest absolute Gasteiger partial charge is 0.0961 e. The third-order valence-corrected chi connectivity index (χ3v) is 2.37. The van der Waals surface area contributed by atoms with E-state index in [1.54, 1.807) is 0 Å². The standard InChI is InChI=1S/C15H14/c1-12(2)10-11-14-8-5-7-13-6-3-4-9-15(13)14/h3-11H,1H2,2H3. The van der Waals surface area contributed by atoms with Gasteiger partial charge in [-0.3, -0.25) is 0 Å². The predicted molar refractivity (Wildman–Crippen MR) is 67.8 cm³/mol. The zero-order valence-electron chi connectivity index (χ0n) is 8.90. The van der Waals surface area contributed by atoms with Crippen molar-refractivity contribution in [1.82, 2.24) is 0 Å². The Morgan fingerprint density at radius 3 is 2.60 bits per heavy atom. The smallest absolute Gasteiger partial charge is 0.0111 e. The molecule has 2 aromatic carbocycles. The highest BCUT2D eigenvalue weighted by atomic mass is 14.0. The van der Waals surface area contributed by atoms with Gasteiger partial charge in [-0.25, -0.2) is 0 Å². The fourth-order valence-corrected chi connectivity index (χ4v) is 1.63. The maximum atomic E-state index is 3.86. The highest BCUT2D eigenvalue weighted by Crippen LogP contribution is 2.19. The summed E-state index contributed by atoms with van der Waals surface area (Å²) in [7, 11) is 0. The molecule has 0 saturated heterocycles. The average Bonchev–Trinajstić information content (AvgIpc) is 2.26. The molecule has 0 aromatic heterocycles. The number of rotatable bonds is 2. The molecule has 0 radical (unpaired) electrons. The topological polar surface area (TPSA) is 0 Å². The Labute approximate surface area is 90.6 Å². The Morgan fingerprint density at radius 2 is 1.80 bits per heavy atom. The molecule has 0 fully saturated rings. The lowest BCUT2D eigenvalue weighted by atomic mass is 10.0. The maximum Gasteiger partial charge on any atom is -0.0111 e. The van der Waals surface area contributed by atoms with Crippen LogP contribution in [-0.4, -0.2) is 0 Å². The summed E-state index contributed by atoms with van der Waals surface area (Å²) in [6.07, 6.45) is 4.16. The van der Waals surface area contributed by atoms with E-state index in [1.165, 1.54) is 16.3 Å². The quantitative estimate of drug-likeness (QED) is 0.620. The van der Waals surface area contributed by atoms with E-state index in [-0.39, 0.29) is 0 Å². The van der Waals surface area contributed by atoms with Crippen LogP contribution in [-0.2, 0) is 0 Å². The molecule has 2 rings (SSSR count). The lowest BCUT2D eigenvalue weighted by molar-refractivity contribution is 1.57. The van der Waals surface area contributed by atoms with Crippen LogP contribution in [0.4, 0.5) is 0 Å². The van der Waals surface area contributed by atoms with Gasteiger partial charge >= 0.3 is 0 Å². The van der Waals surface area contributed by atoms with Crippen molar-refractivity contribution in [2.75, 3.05) is 0 Å². The minimum atomic E-state index is 1.07. The molecule has 0 aliphatic heterocycles. The normalized spacial score (nSPS) is 11.0. The van der Waals surface area contributed by atoms with Gasteiger partial charge in [-0.15, -0.1) is 0 Å². The number of hydrogen-bond donors (Lipinski definition) is 0. The van der Waals surface area contributed by atoms with Crippen molar-refractivity contribution >= 4 is 16.8 Å². The van der Waals surface area contributed by atoms with Crippen LogP contribution in [0.25, 0.3) is 16.8 Å². The molecule has 0 heteroatoms. The van der Waals surface area contributed by atoms with Crippen LogP contribution in [0.1, 0.15) is 12.5 Å². The van der Waals surface area contributed by atoms with Crippen molar-refractivity contribution in [3.8, 4) is 0 Å². The SMILES string of the molecule is C=C(C)C=Cc1cccc2ccccc12. The fourth-order valence-electron chi connectivity index (χ4n) is 1.63. The zero-order valence-corrected chi connectivity index (χ0v) is 8.90. The van der Waals surface area contributed by atoms with E-state index < -0.39 is 0 Å². The van der Waals surface area contributed by atoms with Gasteiger partial charge in [0.2, 0.25) is 0 Å². The number of fused-ring (bicyclic) bond motifs is 1. The molecule has 74 valence electrons. The lowest BCUT2D eigenvalue weighted by Gasteiger charge is -2.01. The second-order valence-corrected chi connectivity index (χ2v) is 3.75. The molecule has 0 heterocycles. The highest BCUT2D eigenvalue weighted by molar-refractivity contribution is 5.90. The van der Waals surface area contributed by atoms with Gasteiger partial charge in [-0.05, 0) is 23.3 Å². The summed E-state index contributed by atoms with van der Waals surface area (Å²) in [5, 5.41) is 2.57. The summed E-state index contributed by atoms with van der Waals surface area (Å²) in [5.41, 5.74) is 2.32. The molecule has 0 aliphatic rings. The van der Waals surface area contributed by atoms with Gasteiger partial charge in [0.15, 0.2) is 0 Å². The van der Waals surface area contributed by atoms with E-state index in [9.17, 15) is 0 Å². The Kier molecular flexibility index (Phi) is 2.68. The van der Waals surface area contributed by atoms with Crippen LogP contribution in [0.5, 0.6) is 0 Å². The van der Waals surface area contributed by atoms with Crippen molar-refractivity contribution in [1.29, 1.82) is 0 Å². The minimum Gasteiger partial charge on any atom is -0.0961 e. The summed E-state index contributed by atoms with van der Waals surface area (Å²) in [4.78, 5) is 0. The van der Waals surface area contributed by atoms with Crippen molar-refractivity contribution in [3.63, 3.8) is 0 Å². The van der Waals surface area contributed by atoms with Gasteiger partial charge in [0.05, 0.1) is 0 Å². The Balaban J connectivity index is 2.56. The van der Waals surface area contributed by atoms with Crippen LogP contribution in [0, 0.1) is 0 Å². The molecule has 0 N–H and O–H groups in total. The van der Waals surface area contributed by atoms with Gasteiger partial charge in [0, 0.05) is 0 Å². The van der Waals surface area contributed by atoms with Gasteiger partial charge in [-0.1, -0.05) is 66.8 Å². The van der Waals surface area contributed by atoms with E-state index in [0.717, 1.165) is 5.57 Å². The Bertz CT molecular complexity index is 513. The maximum absolute atomic E-state index is 3.86. The first-order valence-electron chi connectivity index (χ1n) is 5.09. The zero-order chi connectivity index (χ0) is 10.7. The lowest BCUT2D eigenvalue weighted by Crippen LogP contribution is -1.77. The minimum absolute atomic E-state index is 1.07. The van der Waals surface area contributed by atoms with Gasteiger partial charge in [0.1, 0.15) is 0 Å². The first-order valence-corrected chi connectivity index (χ1v) is 5.09. The van der Waals surface area contributed by atoms with E-state index in [0.29, 0.717) is 0 Å². The molecule has 0 aliphatic carbocycles. The van der Waals surface area contributed by atoms with Crippen LogP contribution in [0.3, 0.4) is 0 Å². The van der Waals surface area contributed by atoms with Gasteiger partial charge < -0.3 is 0 Å². The number of allylic oxidation sites excluding steroid dienone is 2. The van der Waals surface area contributed by atoms with Crippen LogP contribution in [0.15, 0.2) is 60.7 Å². The van der Waals surface area contributed by atoms with Crippen LogP contribution < -0.4 is 0 Å². The van der Waals surface area contributed by atoms with Gasteiger partial charge in [0.25, 0.3) is 0 Å². The molecular formula is C15H14. The third kappa shape index (κ3) is 2.16. The summed E-state index contributed by atoms with van der Waals surface area (Å²) < 4.78 is 0. The first kappa shape index (κ1) is 9.72. The molecule has 0 saturated carbocycles. The molecule has 0 unspecified atom stereocenters. The monoisotopic (exact) mass is 194 g/mol. The van der Waals surface area contributed by atoms with Crippen molar-refractivity contribution < 1.29 is 0 Å². The Morgan fingerprint density at radius 1 is 1.07 bits per heavy atom. The van der Waals surface area contributed by atoms with Crippen LogP contribution in [0.2, 0.25) is 0 Å². The van der Waals surface area contributed by atoms with Crippen molar-refractivity contribution in [2.24, 2.45) is 0 Å². The van der Waals surface area contributed by atoms with Gasteiger partial charge in [-0.2, -0.15) is 0 Å². The predicted octanol–water partition coefficient (Wildman–Crippen LogP) is 4.43. The molecule has 0 atom stereocenters. The molecule has 2 aromatic rings. The summed E-state index contributed by atoms with van der Waals surface area (Å²) >= 11 is 0. The molecular weight excluding hydrogens is 180 g/mol. The van der Waals surface area contributed by atoms with Crippen LogP contribution >= 0.6 is 0 Å². The summed E-state index contributed by atoms with van der Waals surface area (Å²) in [6.45, 7) is 5.87. The first-order chi connectivity index (χ1) is 7.27. The molecule has 0 spiro atoms. The van der Waals surface area contributed by atoms with E-state index in [1.807, 2.05) is 13.0 Å². The number of benzene rings is 2. The van der Waals surface area contributed by atoms with Crippen molar-refractivity contribution in [3.05, 3.63) is 66.3 Å². The van der Waals surface area contributed by atoms with E-state index in [4.69, 9.17) is 0 Å². The second kappa shape index (κ2) is 4.14. The average molecular weight is 194 g/mol. The molecule has 0 nitrogen and oxygen atoms in total. The summed E-state index contributed by atoms with van der Waals surface area (Å²) in [5.74, 6) is 0. The molecule has 0 bridgehead atoms. The summed E-state index contributed by atoms with van der Waals surface area (Å²) in [6, 6.07) is 14.8. The fraction of sp³-hybridized carbons (Fsp3) is 0.0667. The molecule has 15 heavy (non-hydrogen) atoms. The number of hydrogen-bond acceptors (Lipinski definition) is 0. The third-order valence-electron chi connectivity index (χ3n) is 2.37. The second-order valence-electron chi connectivity index (χ2n) is 3.75. The Hall–Kier alpha value is -1.82. The van der Waals surface area contributed by atoms with Crippen molar-refractivity contribution in [2.45, 2.75) is 6.92 Å².